The van der Waals surface area contributed by atoms with E-state index in [4.69, 9.17) is 27.9 Å². The molecular weight excluding hydrogens is 271 g/mol. The molecule has 1 atom stereocenters. The van der Waals surface area contributed by atoms with Gasteiger partial charge in [-0.05, 0) is 31.0 Å². The maximum atomic E-state index is 12.1. The fraction of sp³-hybridized carbons (Fsp3) is 0.500. The molecule has 0 spiro atoms. The molecule has 0 aromatic heterocycles. The highest BCUT2D eigenvalue weighted by Crippen LogP contribution is 2.22. The van der Waals surface area contributed by atoms with Gasteiger partial charge in [0.05, 0.1) is 0 Å². The molecule has 0 radical (unpaired) electrons. The predicted octanol–water partition coefficient (Wildman–Crippen LogP) is 4.31. The molecule has 0 aliphatic carbocycles. The summed E-state index contributed by atoms with van der Waals surface area (Å²) in [6.07, 6.45) is 1.63. The van der Waals surface area contributed by atoms with Crippen molar-refractivity contribution >= 4 is 29.0 Å². The zero-order valence-corrected chi connectivity index (χ0v) is 12.2. The second-order valence-electron chi connectivity index (χ2n) is 4.11. The summed E-state index contributed by atoms with van der Waals surface area (Å²) in [4.78, 5) is 12.1. The minimum absolute atomic E-state index is 0.0722. The van der Waals surface area contributed by atoms with Crippen molar-refractivity contribution in [3.05, 3.63) is 33.8 Å². The van der Waals surface area contributed by atoms with Gasteiger partial charge in [0.25, 0.3) is 0 Å². The molecule has 0 fully saturated rings. The van der Waals surface area contributed by atoms with Gasteiger partial charge in [0.15, 0.2) is 5.78 Å². The lowest BCUT2D eigenvalue weighted by Crippen LogP contribution is -2.26. The van der Waals surface area contributed by atoms with E-state index < -0.39 is 0 Å². The van der Waals surface area contributed by atoms with E-state index in [1.807, 2.05) is 13.8 Å². The maximum absolute atomic E-state index is 12.1. The molecule has 1 rings (SSSR count). The fourth-order valence-electron chi connectivity index (χ4n) is 1.77. The highest BCUT2D eigenvalue weighted by Gasteiger charge is 2.18. The monoisotopic (exact) mass is 288 g/mol. The van der Waals surface area contributed by atoms with Crippen molar-refractivity contribution < 1.29 is 9.53 Å². The van der Waals surface area contributed by atoms with Crippen LogP contribution < -0.4 is 0 Å². The van der Waals surface area contributed by atoms with Crippen molar-refractivity contribution in [2.75, 3.05) is 6.61 Å². The van der Waals surface area contributed by atoms with E-state index in [-0.39, 0.29) is 11.9 Å². The van der Waals surface area contributed by atoms with E-state index in [0.29, 0.717) is 23.1 Å². The van der Waals surface area contributed by atoms with Crippen LogP contribution in [0.2, 0.25) is 10.0 Å². The Hall–Kier alpha value is -0.570. The van der Waals surface area contributed by atoms with Gasteiger partial charge in [-0.15, -0.1) is 0 Å². The van der Waals surface area contributed by atoms with Crippen molar-refractivity contribution in [1.82, 2.24) is 0 Å². The van der Waals surface area contributed by atoms with Gasteiger partial charge in [-0.2, -0.15) is 0 Å². The lowest BCUT2D eigenvalue weighted by Gasteiger charge is -2.15. The van der Waals surface area contributed by atoms with Crippen LogP contribution in [-0.2, 0) is 16.0 Å². The van der Waals surface area contributed by atoms with Gasteiger partial charge in [0.1, 0.15) is 6.10 Å². The standard InChI is InChI=1S/C14H18Cl2O2/c1-3-5-14(18-4-2)13(17)8-10-6-7-11(15)9-12(10)16/h6-7,9,14H,3-5,8H2,1-2H3. The van der Waals surface area contributed by atoms with Crippen LogP contribution >= 0.6 is 23.2 Å². The SMILES string of the molecule is CCCC(OCC)C(=O)Cc1ccc(Cl)cc1Cl. The first-order chi connectivity index (χ1) is 8.58. The number of halogens is 2. The van der Waals surface area contributed by atoms with Gasteiger partial charge in [-0.25, -0.2) is 0 Å². The molecule has 0 heterocycles. The summed E-state index contributed by atoms with van der Waals surface area (Å²) in [5, 5.41) is 1.11. The van der Waals surface area contributed by atoms with Crippen LogP contribution in [0.25, 0.3) is 0 Å². The molecule has 0 bridgehead atoms. The average molecular weight is 289 g/mol. The summed E-state index contributed by atoms with van der Waals surface area (Å²) in [6.45, 7) is 4.48. The molecule has 1 aromatic rings. The van der Waals surface area contributed by atoms with Gasteiger partial charge >= 0.3 is 0 Å². The van der Waals surface area contributed by atoms with Crippen molar-refractivity contribution in [2.24, 2.45) is 0 Å². The number of ether oxygens (including phenoxy) is 1. The van der Waals surface area contributed by atoms with Gasteiger partial charge in [-0.3, -0.25) is 4.79 Å². The number of ketones is 1. The molecule has 18 heavy (non-hydrogen) atoms. The summed E-state index contributed by atoms with van der Waals surface area (Å²) < 4.78 is 5.46. The molecule has 0 saturated carbocycles. The third-order valence-electron chi connectivity index (χ3n) is 2.66. The van der Waals surface area contributed by atoms with Crippen LogP contribution in [0.3, 0.4) is 0 Å². The molecule has 4 heteroatoms. The van der Waals surface area contributed by atoms with Crippen molar-refractivity contribution in [3.8, 4) is 0 Å². The van der Waals surface area contributed by atoms with E-state index >= 15 is 0 Å². The van der Waals surface area contributed by atoms with Crippen LogP contribution in [-0.4, -0.2) is 18.5 Å². The van der Waals surface area contributed by atoms with E-state index in [9.17, 15) is 4.79 Å². The second-order valence-corrected chi connectivity index (χ2v) is 4.96. The number of Topliss-reactive ketones (excluding diaryl/α,β-unsaturated/α-hetero) is 1. The van der Waals surface area contributed by atoms with E-state index in [1.165, 1.54) is 0 Å². The van der Waals surface area contributed by atoms with Crippen molar-refractivity contribution in [1.29, 1.82) is 0 Å². The summed E-state index contributed by atoms with van der Waals surface area (Å²) in [7, 11) is 0. The van der Waals surface area contributed by atoms with Crippen molar-refractivity contribution in [2.45, 2.75) is 39.2 Å². The Bertz CT molecular complexity index is 399. The minimum Gasteiger partial charge on any atom is -0.371 e. The summed E-state index contributed by atoms with van der Waals surface area (Å²) in [5.74, 6) is 0.0722. The van der Waals surface area contributed by atoms with E-state index in [2.05, 4.69) is 0 Å². The number of benzene rings is 1. The number of carbonyl (C=O) groups is 1. The van der Waals surface area contributed by atoms with Gasteiger partial charge < -0.3 is 4.74 Å². The highest BCUT2D eigenvalue weighted by molar-refractivity contribution is 6.35. The molecule has 0 aliphatic heterocycles. The number of carbonyl (C=O) groups excluding carboxylic acids is 1. The second kappa shape index (κ2) is 7.78. The van der Waals surface area contributed by atoms with Gasteiger partial charge in [-0.1, -0.05) is 42.6 Å². The highest BCUT2D eigenvalue weighted by atomic mass is 35.5. The minimum atomic E-state index is -0.327. The molecule has 1 aromatic carbocycles. The smallest absolute Gasteiger partial charge is 0.165 e. The van der Waals surface area contributed by atoms with Crippen LogP contribution in [0, 0.1) is 0 Å². The molecule has 0 aliphatic rings. The van der Waals surface area contributed by atoms with Crippen LogP contribution in [0.1, 0.15) is 32.3 Å². The van der Waals surface area contributed by atoms with Gasteiger partial charge in [0.2, 0.25) is 0 Å². The zero-order chi connectivity index (χ0) is 13.5. The van der Waals surface area contributed by atoms with E-state index in [1.54, 1.807) is 18.2 Å². The number of rotatable bonds is 7. The summed E-state index contributed by atoms with van der Waals surface area (Å²) in [5.41, 5.74) is 0.798. The first-order valence-electron chi connectivity index (χ1n) is 6.16. The first-order valence-corrected chi connectivity index (χ1v) is 6.92. The average Bonchev–Trinajstić information content (AvgIpc) is 2.32. The van der Waals surface area contributed by atoms with Crippen molar-refractivity contribution in [3.63, 3.8) is 0 Å². The molecule has 0 N–H and O–H groups in total. The third kappa shape index (κ3) is 4.60. The Kier molecular flexibility index (Phi) is 6.69. The summed E-state index contributed by atoms with van der Waals surface area (Å²) in [6, 6.07) is 5.18. The topological polar surface area (TPSA) is 26.3 Å². The van der Waals surface area contributed by atoms with Crippen LogP contribution in [0.15, 0.2) is 18.2 Å². The lowest BCUT2D eigenvalue weighted by atomic mass is 10.0. The molecular formula is C14H18Cl2O2. The molecule has 0 amide bonds. The van der Waals surface area contributed by atoms with Gasteiger partial charge in [0, 0.05) is 23.1 Å². The maximum Gasteiger partial charge on any atom is 0.165 e. The predicted molar refractivity (Wildman–Crippen MR) is 75.5 cm³/mol. The molecule has 1 unspecified atom stereocenters. The fourth-order valence-corrected chi connectivity index (χ4v) is 2.24. The van der Waals surface area contributed by atoms with Crippen LogP contribution in [0.4, 0.5) is 0 Å². The largest absolute Gasteiger partial charge is 0.371 e. The Morgan fingerprint density at radius 1 is 1.33 bits per heavy atom. The molecule has 2 nitrogen and oxygen atoms in total. The lowest BCUT2D eigenvalue weighted by molar-refractivity contribution is -0.130. The quantitative estimate of drug-likeness (QED) is 0.747. The molecule has 0 saturated heterocycles. The molecule has 100 valence electrons. The van der Waals surface area contributed by atoms with E-state index in [0.717, 1.165) is 18.4 Å². The third-order valence-corrected chi connectivity index (χ3v) is 3.24. The Morgan fingerprint density at radius 2 is 2.06 bits per heavy atom. The Labute approximate surface area is 118 Å². The Balaban J connectivity index is 2.72. The summed E-state index contributed by atoms with van der Waals surface area (Å²) >= 11 is 11.9. The normalized spacial score (nSPS) is 12.4. The van der Waals surface area contributed by atoms with Crippen LogP contribution in [0.5, 0.6) is 0 Å². The zero-order valence-electron chi connectivity index (χ0n) is 10.7. The first kappa shape index (κ1) is 15.5. The number of hydrogen-bond acceptors (Lipinski definition) is 2. The Morgan fingerprint density at radius 3 is 2.61 bits per heavy atom. The number of hydrogen-bond donors (Lipinski definition) is 0.